The van der Waals surface area contributed by atoms with E-state index in [0.29, 0.717) is 0 Å². The summed E-state index contributed by atoms with van der Waals surface area (Å²) in [7, 11) is 0. The predicted molar refractivity (Wildman–Crippen MR) is 105 cm³/mol. The highest BCUT2D eigenvalue weighted by Gasteiger charge is 2.37. The van der Waals surface area contributed by atoms with E-state index in [-0.39, 0.29) is 5.41 Å². The molecular formula is C22H29N3O2. The van der Waals surface area contributed by atoms with E-state index in [1.807, 2.05) is 12.3 Å². The molecule has 2 fully saturated rings. The second-order valence-electron chi connectivity index (χ2n) is 7.56. The van der Waals surface area contributed by atoms with E-state index in [9.17, 15) is 0 Å². The maximum absolute atomic E-state index is 5.97. The number of nitrogens with zero attached hydrogens (tertiary/aromatic N) is 3. The molecule has 0 amide bonds. The molecule has 27 heavy (non-hydrogen) atoms. The highest BCUT2D eigenvalue weighted by atomic mass is 16.5. The second-order valence-corrected chi connectivity index (χ2v) is 7.56. The molecule has 0 aliphatic carbocycles. The van der Waals surface area contributed by atoms with Crippen LogP contribution in [0.3, 0.4) is 0 Å². The van der Waals surface area contributed by atoms with Crippen LogP contribution in [0.5, 0.6) is 5.75 Å². The maximum atomic E-state index is 5.97. The van der Waals surface area contributed by atoms with Crippen LogP contribution in [0.1, 0.15) is 43.4 Å². The number of rotatable bonds is 7. The van der Waals surface area contributed by atoms with E-state index in [1.54, 1.807) is 6.33 Å². The van der Waals surface area contributed by atoms with Crippen LogP contribution in [0.15, 0.2) is 42.9 Å². The number of hydrogen-bond donors (Lipinski definition) is 0. The average Bonchev–Trinajstić information content (AvgIpc) is 3.26. The van der Waals surface area contributed by atoms with Crippen LogP contribution in [-0.4, -0.2) is 54.3 Å². The lowest BCUT2D eigenvalue weighted by Gasteiger charge is -2.37. The molecule has 0 N–H and O–H groups in total. The molecule has 2 saturated heterocycles. The normalized spacial score (nSPS) is 19.9. The Morgan fingerprint density at radius 1 is 1.04 bits per heavy atom. The zero-order valence-electron chi connectivity index (χ0n) is 16.0. The lowest BCUT2D eigenvalue weighted by molar-refractivity contribution is 0.0618. The first-order valence-electron chi connectivity index (χ1n) is 10.2. The smallest absolute Gasteiger partial charge is 0.119 e. The SMILES string of the molecule is c1cc(C2(c3ccc(OCCCN4CCCC4)cc3)CCOCC2)ncn1. The Morgan fingerprint density at radius 3 is 2.52 bits per heavy atom. The van der Waals surface area contributed by atoms with Gasteiger partial charge in [-0.3, -0.25) is 0 Å². The molecular weight excluding hydrogens is 338 g/mol. The first kappa shape index (κ1) is 18.4. The van der Waals surface area contributed by atoms with E-state index in [4.69, 9.17) is 9.47 Å². The van der Waals surface area contributed by atoms with Gasteiger partial charge < -0.3 is 14.4 Å². The third kappa shape index (κ3) is 4.30. The molecule has 0 unspecified atom stereocenters. The van der Waals surface area contributed by atoms with Crippen LogP contribution in [0.4, 0.5) is 0 Å². The first-order chi connectivity index (χ1) is 13.4. The fourth-order valence-corrected chi connectivity index (χ4v) is 4.34. The van der Waals surface area contributed by atoms with Crippen molar-refractivity contribution in [3.63, 3.8) is 0 Å². The molecule has 5 heteroatoms. The lowest BCUT2D eigenvalue weighted by Crippen LogP contribution is -2.35. The van der Waals surface area contributed by atoms with Crippen LogP contribution >= 0.6 is 0 Å². The summed E-state index contributed by atoms with van der Waals surface area (Å²) in [5.41, 5.74) is 2.28. The zero-order chi connectivity index (χ0) is 18.4. The summed E-state index contributed by atoms with van der Waals surface area (Å²) in [6.07, 6.45) is 9.15. The fourth-order valence-electron chi connectivity index (χ4n) is 4.34. The Bertz CT molecular complexity index is 693. The summed E-state index contributed by atoms with van der Waals surface area (Å²) in [4.78, 5) is 11.2. The minimum atomic E-state index is -0.0878. The van der Waals surface area contributed by atoms with Crippen molar-refractivity contribution in [1.29, 1.82) is 0 Å². The Morgan fingerprint density at radius 2 is 1.81 bits per heavy atom. The van der Waals surface area contributed by atoms with Crippen molar-refractivity contribution in [2.24, 2.45) is 0 Å². The molecule has 0 radical (unpaired) electrons. The number of benzene rings is 1. The molecule has 0 atom stereocenters. The van der Waals surface area contributed by atoms with Crippen LogP contribution in [0.25, 0.3) is 0 Å². The van der Waals surface area contributed by atoms with Crippen LogP contribution in [-0.2, 0) is 10.2 Å². The average molecular weight is 367 g/mol. The molecule has 0 saturated carbocycles. The standard InChI is InChI=1S/C22H29N3O2/c1-2-13-25(12-1)14-3-15-27-20-6-4-19(5-7-20)22(9-16-26-17-10-22)21-8-11-23-18-24-21/h4-8,11,18H,1-3,9-10,12-17H2. The minimum absolute atomic E-state index is 0.0878. The number of aromatic nitrogens is 2. The van der Waals surface area contributed by atoms with Crippen molar-refractivity contribution in [3.8, 4) is 5.75 Å². The molecule has 2 aliphatic heterocycles. The highest BCUT2D eigenvalue weighted by Crippen LogP contribution is 2.40. The third-order valence-corrected chi connectivity index (χ3v) is 5.91. The maximum Gasteiger partial charge on any atom is 0.119 e. The van der Waals surface area contributed by atoms with Crippen LogP contribution in [0, 0.1) is 0 Å². The molecule has 4 rings (SSSR count). The first-order valence-corrected chi connectivity index (χ1v) is 10.2. The van der Waals surface area contributed by atoms with Gasteiger partial charge in [-0.25, -0.2) is 9.97 Å². The Kier molecular flexibility index (Phi) is 6.00. The van der Waals surface area contributed by atoms with Crippen molar-refractivity contribution in [2.75, 3.05) is 39.5 Å². The molecule has 0 bridgehead atoms. The Labute approximate surface area is 161 Å². The zero-order valence-corrected chi connectivity index (χ0v) is 16.0. The van der Waals surface area contributed by atoms with Crippen molar-refractivity contribution >= 4 is 0 Å². The van der Waals surface area contributed by atoms with Crippen LogP contribution in [0.2, 0.25) is 0 Å². The molecule has 2 aromatic rings. The molecule has 144 valence electrons. The van der Waals surface area contributed by atoms with E-state index >= 15 is 0 Å². The van der Waals surface area contributed by atoms with E-state index < -0.39 is 0 Å². The minimum Gasteiger partial charge on any atom is -0.494 e. The van der Waals surface area contributed by atoms with Gasteiger partial charge in [0.05, 0.1) is 12.3 Å². The summed E-state index contributed by atoms with van der Waals surface area (Å²) in [6.45, 7) is 5.96. The summed E-state index contributed by atoms with van der Waals surface area (Å²) in [5.74, 6) is 0.949. The monoisotopic (exact) mass is 367 g/mol. The van der Waals surface area contributed by atoms with E-state index in [2.05, 4.69) is 39.1 Å². The van der Waals surface area contributed by atoms with Gasteiger partial charge in [-0.05, 0) is 69.0 Å². The van der Waals surface area contributed by atoms with Crippen molar-refractivity contribution in [1.82, 2.24) is 14.9 Å². The van der Waals surface area contributed by atoms with Crippen molar-refractivity contribution in [2.45, 2.75) is 37.5 Å². The Hall–Kier alpha value is -1.98. The van der Waals surface area contributed by atoms with Gasteiger partial charge in [0, 0.05) is 31.4 Å². The second kappa shape index (κ2) is 8.81. The summed E-state index contributed by atoms with van der Waals surface area (Å²) >= 11 is 0. The van der Waals surface area contributed by atoms with Gasteiger partial charge >= 0.3 is 0 Å². The van der Waals surface area contributed by atoms with Gasteiger partial charge in [-0.15, -0.1) is 0 Å². The van der Waals surface area contributed by atoms with E-state index in [0.717, 1.165) is 57.1 Å². The molecule has 5 nitrogen and oxygen atoms in total. The van der Waals surface area contributed by atoms with Gasteiger partial charge in [-0.2, -0.15) is 0 Å². The molecule has 0 spiro atoms. The van der Waals surface area contributed by atoms with Gasteiger partial charge in [0.25, 0.3) is 0 Å². The van der Waals surface area contributed by atoms with Crippen molar-refractivity contribution in [3.05, 3.63) is 54.1 Å². The quantitative estimate of drug-likeness (QED) is 0.702. The van der Waals surface area contributed by atoms with Crippen molar-refractivity contribution < 1.29 is 9.47 Å². The summed E-state index contributed by atoms with van der Waals surface area (Å²) in [5, 5.41) is 0. The topological polar surface area (TPSA) is 47.5 Å². The van der Waals surface area contributed by atoms with Gasteiger partial charge in [-0.1, -0.05) is 12.1 Å². The van der Waals surface area contributed by atoms with Gasteiger partial charge in [0.1, 0.15) is 12.1 Å². The lowest BCUT2D eigenvalue weighted by atomic mass is 9.71. The van der Waals surface area contributed by atoms with Gasteiger partial charge in [0.2, 0.25) is 0 Å². The molecule has 2 aliphatic rings. The number of ether oxygens (including phenoxy) is 2. The molecule has 3 heterocycles. The predicted octanol–water partition coefficient (Wildman–Crippen LogP) is 3.44. The fraction of sp³-hybridized carbons (Fsp3) is 0.545. The molecule has 1 aromatic carbocycles. The Balaban J connectivity index is 1.40. The van der Waals surface area contributed by atoms with Gasteiger partial charge in [0.15, 0.2) is 0 Å². The number of likely N-dealkylation sites (tertiary alicyclic amines) is 1. The van der Waals surface area contributed by atoms with Crippen LogP contribution < -0.4 is 4.74 Å². The third-order valence-electron chi connectivity index (χ3n) is 5.91. The highest BCUT2D eigenvalue weighted by molar-refractivity contribution is 5.39. The molecule has 1 aromatic heterocycles. The summed E-state index contributed by atoms with van der Waals surface area (Å²) in [6, 6.07) is 10.6. The largest absolute Gasteiger partial charge is 0.494 e. The van der Waals surface area contributed by atoms with E-state index in [1.165, 1.54) is 31.5 Å². The number of hydrogen-bond acceptors (Lipinski definition) is 5. The summed E-state index contributed by atoms with van der Waals surface area (Å²) < 4.78 is 11.6.